The Bertz CT molecular complexity index is 732. The molecule has 0 aromatic carbocycles. The lowest BCUT2D eigenvalue weighted by molar-refractivity contribution is 0.141. The van der Waals surface area contributed by atoms with E-state index >= 15 is 0 Å². The van der Waals surface area contributed by atoms with Crippen molar-refractivity contribution in [2.45, 2.75) is 31.9 Å². The molecule has 0 radical (unpaired) electrons. The lowest BCUT2D eigenvalue weighted by atomic mass is 10.0. The van der Waals surface area contributed by atoms with Crippen LogP contribution in [0, 0.1) is 0 Å². The number of aromatic nitrogens is 4. The summed E-state index contributed by atoms with van der Waals surface area (Å²) < 4.78 is 27.7. The molecule has 26 heavy (non-hydrogen) atoms. The summed E-state index contributed by atoms with van der Waals surface area (Å²) in [5.74, 6) is 1.62. The quantitative estimate of drug-likeness (QED) is 0.848. The maximum atomic E-state index is 13.1. The Morgan fingerprint density at radius 1 is 1.35 bits per heavy atom. The minimum absolute atomic E-state index is 0.117. The summed E-state index contributed by atoms with van der Waals surface area (Å²) in [7, 11) is 5.54. The molecule has 9 heteroatoms. The van der Waals surface area contributed by atoms with E-state index in [-0.39, 0.29) is 11.7 Å². The summed E-state index contributed by atoms with van der Waals surface area (Å²) >= 11 is 0. The highest BCUT2D eigenvalue weighted by Crippen LogP contribution is 2.24. The molecule has 7 nitrogen and oxygen atoms in total. The third-order valence-corrected chi connectivity index (χ3v) is 4.51. The number of halogens is 2. The van der Waals surface area contributed by atoms with Crippen molar-refractivity contribution in [1.82, 2.24) is 24.6 Å². The number of rotatable bonds is 6. The Hall–Kier alpha value is -2.29. The highest BCUT2D eigenvalue weighted by molar-refractivity contribution is 5.47. The number of piperidine rings is 1. The molecule has 2 aromatic heterocycles. The van der Waals surface area contributed by atoms with Crippen molar-refractivity contribution in [1.29, 1.82) is 0 Å². The van der Waals surface area contributed by atoms with Crippen molar-refractivity contribution in [3.05, 3.63) is 29.8 Å². The van der Waals surface area contributed by atoms with Crippen LogP contribution in [0.4, 0.5) is 20.4 Å². The van der Waals surface area contributed by atoms with Crippen LogP contribution in [-0.2, 0) is 13.6 Å². The fourth-order valence-corrected chi connectivity index (χ4v) is 3.30. The van der Waals surface area contributed by atoms with Crippen LogP contribution in [0.5, 0.6) is 0 Å². The van der Waals surface area contributed by atoms with Gasteiger partial charge in [-0.25, -0.2) is 18.7 Å². The molecule has 0 saturated carbocycles. The molecule has 3 heterocycles. The molecule has 1 saturated heterocycles. The zero-order valence-electron chi connectivity index (χ0n) is 15.4. The maximum absolute atomic E-state index is 13.1. The fraction of sp³-hybridized carbons (Fsp3) is 0.588. The Morgan fingerprint density at radius 3 is 2.88 bits per heavy atom. The van der Waals surface area contributed by atoms with E-state index in [9.17, 15) is 8.78 Å². The Kier molecular flexibility index (Phi) is 5.65. The SMILES string of the molecule is CN(C)c1cc(NC2CCCN(Cc3cn(C)nc3C(F)F)C2)ncn1. The second-order valence-electron chi connectivity index (χ2n) is 6.89. The van der Waals surface area contributed by atoms with Gasteiger partial charge in [-0.1, -0.05) is 0 Å². The van der Waals surface area contributed by atoms with Gasteiger partial charge in [0, 0.05) is 58.1 Å². The van der Waals surface area contributed by atoms with Crippen molar-refractivity contribution >= 4 is 11.6 Å². The third kappa shape index (κ3) is 4.46. The Morgan fingerprint density at radius 2 is 2.15 bits per heavy atom. The number of hydrogen-bond donors (Lipinski definition) is 1. The van der Waals surface area contributed by atoms with Gasteiger partial charge in [-0.2, -0.15) is 5.10 Å². The predicted molar refractivity (Wildman–Crippen MR) is 96.4 cm³/mol. The largest absolute Gasteiger partial charge is 0.366 e. The first-order valence-electron chi connectivity index (χ1n) is 8.71. The highest BCUT2D eigenvalue weighted by atomic mass is 19.3. The number of hydrogen-bond acceptors (Lipinski definition) is 6. The van der Waals surface area contributed by atoms with Gasteiger partial charge in [-0.05, 0) is 19.4 Å². The second-order valence-corrected chi connectivity index (χ2v) is 6.89. The summed E-state index contributed by atoms with van der Waals surface area (Å²) in [6.45, 7) is 2.15. The number of anilines is 2. The van der Waals surface area contributed by atoms with Gasteiger partial charge in [0.15, 0.2) is 0 Å². The van der Waals surface area contributed by atoms with Crippen LogP contribution in [0.25, 0.3) is 0 Å². The van der Waals surface area contributed by atoms with Crippen LogP contribution in [-0.4, -0.2) is 57.9 Å². The monoisotopic (exact) mass is 365 g/mol. The predicted octanol–water partition coefficient (Wildman–Crippen LogP) is 2.29. The average Bonchev–Trinajstić information content (AvgIpc) is 2.96. The van der Waals surface area contributed by atoms with E-state index in [2.05, 4.69) is 25.3 Å². The molecule has 1 atom stereocenters. The molecule has 2 aromatic rings. The van der Waals surface area contributed by atoms with E-state index in [0.717, 1.165) is 37.6 Å². The topological polar surface area (TPSA) is 62.1 Å². The molecule has 0 bridgehead atoms. The van der Waals surface area contributed by atoms with Gasteiger partial charge in [0.2, 0.25) is 0 Å². The van der Waals surface area contributed by atoms with Gasteiger partial charge in [0.1, 0.15) is 23.7 Å². The number of nitrogens with zero attached hydrogens (tertiary/aromatic N) is 6. The Labute approximate surface area is 152 Å². The van der Waals surface area contributed by atoms with Crippen molar-refractivity contribution in [2.24, 2.45) is 7.05 Å². The molecule has 0 aliphatic carbocycles. The van der Waals surface area contributed by atoms with Gasteiger partial charge in [-0.15, -0.1) is 0 Å². The van der Waals surface area contributed by atoms with Crippen molar-refractivity contribution in [3.8, 4) is 0 Å². The molecule has 1 aliphatic heterocycles. The summed E-state index contributed by atoms with van der Waals surface area (Å²) in [6, 6.07) is 2.13. The van der Waals surface area contributed by atoms with E-state index in [1.165, 1.54) is 4.68 Å². The molecule has 1 aliphatic rings. The van der Waals surface area contributed by atoms with E-state index in [4.69, 9.17) is 0 Å². The zero-order chi connectivity index (χ0) is 18.7. The highest BCUT2D eigenvalue weighted by Gasteiger charge is 2.24. The number of aryl methyl sites for hydroxylation is 1. The molecular weight excluding hydrogens is 340 g/mol. The van der Waals surface area contributed by atoms with Crippen molar-refractivity contribution < 1.29 is 8.78 Å². The minimum Gasteiger partial charge on any atom is -0.366 e. The first-order valence-corrected chi connectivity index (χ1v) is 8.71. The van der Waals surface area contributed by atoms with Crippen LogP contribution in [0.1, 0.15) is 30.5 Å². The molecule has 1 fully saturated rings. The average molecular weight is 365 g/mol. The van der Waals surface area contributed by atoms with Crippen LogP contribution >= 0.6 is 0 Å². The fourth-order valence-electron chi connectivity index (χ4n) is 3.30. The molecule has 1 N–H and O–H groups in total. The second kappa shape index (κ2) is 7.94. The number of alkyl halides is 2. The third-order valence-electron chi connectivity index (χ3n) is 4.51. The van der Waals surface area contributed by atoms with E-state index in [0.29, 0.717) is 12.1 Å². The molecular formula is C17H25F2N7. The van der Waals surface area contributed by atoms with Gasteiger partial charge in [0.05, 0.1) is 0 Å². The summed E-state index contributed by atoms with van der Waals surface area (Å²) in [5.41, 5.74) is 0.481. The first-order chi connectivity index (χ1) is 12.4. The summed E-state index contributed by atoms with van der Waals surface area (Å²) in [4.78, 5) is 12.6. The smallest absolute Gasteiger partial charge is 0.282 e. The molecule has 0 spiro atoms. The molecule has 1 unspecified atom stereocenters. The molecule has 142 valence electrons. The zero-order valence-corrected chi connectivity index (χ0v) is 15.4. The van der Waals surface area contributed by atoms with E-state index in [1.807, 2.05) is 25.1 Å². The van der Waals surface area contributed by atoms with Gasteiger partial charge in [-0.3, -0.25) is 9.58 Å². The standard InChI is InChI=1S/C17H25F2N7/c1-24(2)15-7-14(20-11-21-15)22-13-5-4-6-26(10-13)9-12-8-25(3)23-16(12)17(18)19/h7-8,11,13,17H,4-6,9-10H2,1-3H3,(H,20,21,22). The van der Waals surface area contributed by atoms with E-state index in [1.54, 1.807) is 19.6 Å². The number of likely N-dealkylation sites (tertiary alicyclic amines) is 1. The Balaban J connectivity index is 1.64. The van der Waals surface area contributed by atoms with Crippen LogP contribution in [0.3, 0.4) is 0 Å². The van der Waals surface area contributed by atoms with Crippen molar-refractivity contribution in [2.75, 3.05) is 37.4 Å². The van der Waals surface area contributed by atoms with Gasteiger partial charge in [0.25, 0.3) is 6.43 Å². The molecule has 3 rings (SSSR count). The van der Waals surface area contributed by atoms with Crippen LogP contribution in [0.15, 0.2) is 18.6 Å². The minimum atomic E-state index is -2.55. The van der Waals surface area contributed by atoms with Crippen LogP contribution in [0.2, 0.25) is 0 Å². The summed E-state index contributed by atoms with van der Waals surface area (Å²) in [5, 5.41) is 7.34. The summed E-state index contributed by atoms with van der Waals surface area (Å²) in [6.07, 6.45) is 2.71. The van der Waals surface area contributed by atoms with Gasteiger partial charge < -0.3 is 10.2 Å². The number of nitrogens with one attached hydrogen (secondary N) is 1. The maximum Gasteiger partial charge on any atom is 0.282 e. The van der Waals surface area contributed by atoms with Crippen LogP contribution < -0.4 is 10.2 Å². The van der Waals surface area contributed by atoms with E-state index < -0.39 is 6.43 Å². The first kappa shape index (κ1) is 18.5. The molecule has 0 amide bonds. The lowest BCUT2D eigenvalue weighted by Crippen LogP contribution is -2.41. The van der Waals surface area contributed by atoms with Crippen molar-refractivity contribution in [3.63, 3.8) is 0 Å². The normalized spacial score (nSPS) is 18.3. The lowest BCUT2D eigenvalue weighted by Gasteiger charge is -2.33. The van der Waals surface area contributed by atoms with Gasteiger partial charge >= 0.3 is 0 Å².